The maximum atomic E-state index is 12.7. The number of hydrogen-bond acceptors (Lipinski definition) is 9. The second-order valence-electron chi connectivity index (χ2n) is 9.40. The van der Waals surface area contributed by atoms with Crippen molar-refractivity contribution in [2.24, 2.45) is 11.7 Å². The lowest BCUT2D eigenvalue weighted by molar-refractivity contribution is -0.145. The second kappa shape index (κ2) is 16.4. The molecule has 0 heterocycles. The zero-order chi connectivity index (χ0) is 32.2. The van der Waals surface area contributed by atoms with Gasteiger partial charge in [-0.3, -0.25) is 29.0 Å². The van der Waals surface area contributed by atoms with E-state index in [1.54, 1.807) is 13.8 Å². The highest BCUT2D eigenvalue weighted by Crippen LogP contribution is 2.37. The lowest BCUT2D eigenvalue weighted by atomic mass is 9.98. The molecule has 0 aromatic heterocycles. The van der Waals surface area contributed by atoms with Crippen LogP contribution in [-0.2, 0) is 39.8 Å². The van der Waals surface area contributed by atoms with Crippen molar-refractivity contribution >= 4 is 43.5 Å². The van der Waals surface area contributed by atoms with Crippen molar-refractivity contribution in [1.82, 2.24) is 16.0 Å². The number of rotatable bonds is 18. The summed E-state index contributed by atoms with van der Waals surface area (Å²) in [6.45, 7) is 3.27. The third-order valence-corrected chi connectivity index (χ3v) is 6.47. The van der Waals surface area contributed by atoms with E-state index in [1.165, 1.54) is 24.3 Å². The largest absolute Gasteiger partial charge is 0.524 e. The number of nitrogens with one attached hydrogen (secondary N) is 3. The van der Waals surface area contributed by atoms with Gasteiger partial charge in [-0.15, -0.1) is 0 Å². The first-order valence-electron chi connectivity index (χ1n) is 12.6. The van der Waals surface area contributed by atoms with Crippen molar-refractivity contribution in [2.75, 3.05) is 0 Å². The molecule has 1 rings (SSSR count). The molecule has 0 unspecified atom stereocenters. The Kier molecular flexibility index (Phi) is 14.1. The molecule has 10 N–H and O–H groups in total. The lowest BCUT2D eigenvalue weighted by Crippen LogP contribution is -2.55. The third-order valence-electron chi connectivity index (χ3n) is 6.02. The van der Waals surface area contributed by atoms with Crippen LogP contribution < -0.4 is 26.2 Å². The van der Waals surface area contributed by atoms with Crippen LogP contribution in [0.15, 0.2) is 24.3 Å². The van der Waals surface area contributed by atoms with Gasteiger partial charge in [0.15, 0.2) is 0 Å². The summed E-state index contributed by atoms with van der Waals surface area (Å²) in [5, 5.41) is 34.5. The Labute approximate surface area is 240 Å². The fourth-order valence-corrected chi connectivity index (χ4v) is 3.96. The molecule has 0 saturated heterocycles. The third kappa shape index (κ3) is 13.1. The summed E-state index contributed by atoms with van der Waals surface area (Å²) in [7, 11) is -4.77. The van der Waals surface area contributed by atoms with Gasteiger partial charge in [0.1, 0.15) is 23.9 Å². The minimum Gasteiger partial charge on any atom is -0.481 e. The molecule has 0 saturated carbocycles. The van der Waals surface area contributed by atoms with Gasteiger partial charge in [0.2, 0.25) is 17.7 Å². The number of carboxylic acid groups (broad SMARTS) is 3. The first kappa shape index (κ1) is 36.0. The molecule has 0 spiro atoms. The van der Waals surface area contributed by atoms with Crippen LogP contribution in [0.5, 0.6) is 5.75 Å². The summed E-state index contributed by atoms with van der Waals surface area (Å²) in [4.78, 5) is 89.9. The monoisotopic (exact) mass is 618 g/mol. The molecular weight excluding hydrogens is 583 g/mol. The molecule has 1 aromatic carbocycles. The first-order chi connectivity index (χ1) is 19.4. The van der Waals surface area contributed by atoms with Crippen molar-refractivity contribution in [3.8, 4) is 5.75 Å². The van der Waals surface area contributed by atoms with Gasteiger partial charge in [0.25, 0.3) is 0 Å². The number of carbonyl (C=O) groups excluding carboxylic acids is 3. The number of carbonyl (C=O) groups is 6. The molecule has 234 valence electrons. The van der Waals surface area contributed by atoms with Gasteiger partial charge in [-0.1, -0.05) is 32.4 Å². The maximum Gasteiger partial charge on any atom is 0.524 e. The van der Waals surface area contributed by atoms with Crippen LogP contribution in [0.1, 0.15) is 45.1 Å². The van der Waals surface area contributed by atoms with E-state index in [4.69, 9.17) is 20.6 Å². The van der Waals surface area contributed by atoms with Crippen LogP contribution in [0.25, 0.3) is 0 Å². The normalized spacial score (nSPS) is 14.8. The Balaban J connectivity index is 2.88. The summed E-state index contributed by atoms with van der Waals surface area (Å²) < 4.78 is 15.3. The molecule has 0 aliphatic rings. The van der Waals surface area contributed by atoms with Crippen molar-refractivity contribution in [3.05, 3.63) is 29.8 Å². The first-order valence-corrected chi connectivity index (χ1v) is 14.1. The minimum atomic E-state index is -4.77. The quantitative estimate of drug-likeness (QED) is 0.0888. The lowest BCUT2D eigenvalue weighted by Gasteiger charge is -2.24. The number of hydrogen-bond donors (Lipinski definition) is 9. The number of nitrogens with two attached hydrogens (primary N) is 1. The Morgan fingerprint density at radius 2 is 1.50 bits per heavy atom. The Bertz CT molecular complexity index is 1190. The van der Waals surface area contributed by atoms with E-state index in [-0.39, 0.29) is 12.2 Å². The fourth-order valence-electron chi connectivity index (χ4n) is 3.56. The maximum absolute atomic E-state index is 12.7. The number of phosphoric ester groups is 1. The summed E-state index contributed by atoms with van der Waals surface area (Å²) in [6.07, 6.45) is -1.60. The number of phosphoric acid groups is 1. The van der Waals surface area contributed by atoms with Crippen LogP contribution in [0.3, 0.4) is 0 Å². The van der Waals surface area contributed by atoms with Crippen molar-refractivity contribution in [2.45, 2.75) is 70.1 Å². The zero-order valence-electron chi connectivity index (χ0n) is 22.8. The topological polar surface area (TPSA) is 292 Å². The van der Waals surface area contributed by atoms with Crippen LogP contribution >= 0.6 is 7.82 Å². The minimum absolute atomic E-state index is 0.126. The highest BCUT2D eigenvalue weighted by Gasteiger charge is 2.32. The van der Waals surface area contributed by atoms with E-state index in [2.05, 4.69) is 20.5 Å². The van der Waals surface area contributed by atoms with Crippen molar-refractivity contribution in [1.29, 1.82) is 0 Å². The molecular formula is C24H35N4O13P. The van der Waals surface area contributed by atoms with E-state index in [0.717, 1.165) is 0 Å². The fraction of sp³-hybridized carbons (Fsp3) is 0.500. The van der Waals surface area contributed by atoms with Crippen LogP contribution in [0.2, 0.25) is 0 Å². The Morgan fingerprint density at radius 1 is 0.905 bits per heavy atom. The molecule has 0 radical (unpaired) electrons. The SMILES string of the molecule is CC[C@@H](C)[C@H](NC(=O)[C@H](CCC(=O)O)NC(=O)C[C@H](NC(=O)[C@@H](N)Cc1ccc(OP(=O)(O)O)cc1)C(=O)O)C(=O)O. The summed E-state index contributed by atoms with van der Waals surface area (Å²) in [5.41, 5.74) is 6.28. The van der Waals surface area contributed by atoms with Gasteiger partial charge in [-0.25, -0.2) is 14.2 Å². The predicted molar refractivity (Wildman–Crippen MR) is 143 cm³/mol. The number of benzene rings is 1. The molecule has 3 amide bonds. The van der Waals surface area contributed by atoms with Crippen LogP contribution in [0.4, 0.5) is 0 Å². The van der Waals surface area contributed by atoms with Gasteiger partial charge in [-0.2, -0.15) is 0 Å². The van der Waals surface area contributed by atoms with Gasteiger partial charge < -0.3 is 41.5 Å². The summed E-state index contributed by atoms with van der Waals surface area (Å²) >= 11 is 0. The number of carboxylic acids is 3. The average Bonchev–Trinajstić information content (AvgIpc) is 2.88. The molecule has 0 bridgehead atoms. The van der Waals surface area contributed by atoms with Crippen LogP contribution in [-0.4, -0.2) is 84.9 Å². The van der Waals surface area contributed by atoms with E-state index in [0.29, 0.717) is 12.0 Å². The highest BCUT2D eigenvalue weighted by molar-refractivity contribution is 7.46. The molecule has 0 fully saturated rings. The van der Waals surface area contributed by atoms with E-state index in [1.807, 2.05) is 0 Å². The summed E-state index contributed by atoms with van der Waals surface area (Å²) in [6, 6.07) is -0.733. The summed E-state index contributed by atoms with van der Waals surface area (Å²) in [5.74, 6) is -7.86. The van der Waals surface area contributed by atoms with E-state index < -0.39 is 92.8 Å². The van der Waals surface area contributed by atoms with Gasteiger partial charge >= 0.3 is 25.7 Å². The molecule has 18 heteroatoms. The highest BCUT2D eigenvalue weighted by atomic mass is 31.2. The Morgan fingerprint density at radius 3 is 1.98 bits per heavy atom. The number of amides is 3. The van der Waals surface area contributed by atoms with E-state index >= 15 is 0 Å². The van der Waals surface area contributed by atoms with Gasteiger partial charge in [0.05, 0.1) is 12.5 Å². The molecule has 1 aromatic rings. The van der Waals surface area contributed by atoms with E-state index in [9.17, 15) is 43.5 Å². The van der Waals surface area contributed by atoms with Crippen molar-refractivity contribution in [3.63, 3.8) is 0 Å². The molecule has 5 atom stereocenters. The van der Waals surface area contributed by atoms with Crippen molar-refractivity contribution < 1.29 is 63.0 Å². The Hall–Kier alpha value is -4.05. The van der Waals surface area contributed by atoms with Gasteiger partial charge in [0, 0.05) is 6.42 Å². The number of aliphatic carboxylic acids is 3. The molecule has 0 aliphatic heterocycles. The average molecular weight is 619 g/mol. The molecule has 17 nitrogen and oxygen atoms in total. The second-order valence-corrected chi connectivity index (χ2v) is 10.6. The molecule has 0 aliphatic carbocycles. The molecule has 42 heavy (non-hydrogen) atoms. The van der Waals surface area contributed by atoms with Gasteiger partial charge in [-0.05, 0) is 36.5 Å². The predicted octanol–water partition coefficient (Wildman–Crippen LogP) is -1.05. The standard InChI is InChI=1S/C24H35N4O13P/c1-3-12(2)20(24(36)37)28-22(33)16(8-9-19(30)31)26-18(29)11-17(23(34)35)27-21(32)15(25)10-13-4-6-14(7-5-13)41-42(38,39)40/h4-7,12,15-17,20H,3,8-11,25H2,1-2H3,(H,26,29)(H,27,32)(H,28,33)(H,30,31)(H,34,35)(H,36,37)(H2,38,39,40)/t12-,15+,16+,17+,20+/m1/s1. The van der Waals surface area contributed by atoms with Crippen LogP contribution in [0, 0.1) is 5.92 Å². The zero-order valence-corrected chi connectivity index (χ0v) is 23.7. The smallest absolute Gasteiger partial charge is 0.481 e.